The number of aromatic nitrogens is 2. The predicted molar refractivity (Wildman–Crippen MR) is 72.8 cm³/mol. The number of rotatable bonds is 6. The van der Waals surface area contributed by atoms with E-state index in [9.17, 15) is 0 Å². The third kappa shape index (κ3) is 3.54. The van der Waals surface area contributed by atoms with E-state index >= 15 is 0 Å². The van der Waals surface area contributed by atoms with Gasteiger partial charge in [-0.3, -0.25) is 4.90 Å². The number of hydrogen-bond acceptors (Lipinski definition) is 5. The molecule has 4 nitrogen and oxygen atoms in total. The van der Waals surface area contributed by atoms with Crippen LogP contribution in [0.4, 0.5) is 0 Å². The summed E-state index contributed by atoms with van der Waals surface area (Å²) in [6, 6.07) is 3.98. The Labute approximate surface area is 116 Å². The van der Waals surface area contributed by atoms with Crippen LogP contribution in [0.5, 0.6) is 0 Å². The second-order valence-corrected chi connectivity index (χ2v) is 5.75. The fourth-order valence-electron chi connectivity index (χ4n) is 1.62. The van der Waals surface area contributed by atoms with Crippen LogP contribution in [0, 0.1) is 0 Å². The van der Waals surface area contributed by atoms with Gasteiger partial charge in [0.25, 0.3) is 0 Å². The Morgan fingerprint density at radius 3 is 2.56 bits per heavy atom. The molecule has 0 atom stereocenters. The molecule has 2 rings (SSSR count). The van der Waals surface area contributed by atoms with Crippen molar-refractivity contribution in [1.82, 2.24) is 15.1 Å². The van der Waals surface area contributed by atoms with Crippen molar-refractivity contribution in [2.45, 2.75) is 33.4 Å². The Morgan fingerprint density at radius 2 is 2.00 bits per heavy atom. The molecule has 0 saturated carbocycles. The highest BCUT2D eigenvalue weighted by Gasteiger charge is 2.11. The van der Waals surface area contributed by atoms with E-state index in [1.165, 1.54) is 4.88 Å². The molecule has 0 aliphatic heterocycles. The molecule has 0 amide bonds. The molecule has 0 unspecified atom stereocenters. The minimum absolute atomic E-state index is 0.677. The molecule has 0 aliphatic rings. The van der Waals surface area contributed by atoms with Crippen LogP contribution in [-0.4, -0.2) is 21.6 Å². The molecule has 0 fully saturated rings. The SMILES string of the molecule is CCc1nnc(CN(CC)Cc2ccc(Cl)s2)o1. The van der Waals surface area contributed by atoms with Gasteiger partial charge in [-0.15, -0.1) is 21.5 Å². The minimum atomic E-state index is 0.677. The monoisotopic (exact) mass is 285 g/mol. The molecule has 2 heterocycles. The summed E-state index contributed by atoms with van der Waals surface area (Å²) in [5.41, 5.74) is 0. The van der Waals surface area contributed by atoms with E-state index in [-0.39, 0.29) is 0 Å². The highest BCUT2D eigenvalue weighted by atomic mass is 35.5. The van der Waals surface area contributed by atoms with E-state index in [1.807, 2.05) is 13.0 Å². The lowest BCUT2D eigenvalue weighted by molar-refractivity contribution is 0.242. The lowest BCUT2D eigenvalue weighted by Gasteiger charge is -2.16. The van der Waals surface area contributed by atoms with Gasteiger partial charge in [0, 0.05) is 17.8 Å². The molecule has 0 saturated heterocycles. The van der Waals surface area contributed by atoms with Crippen LogP contribution in [-0.2, 0) is 19.5 Å². The maximum Gasteiger partial charge on any atom is 0.230 e. The molecule has 0 bridgehead atoms. The average molecular weight is 286 g/mol. The molecule has 2 aromatic heterocycles. The first kappa shape index (κ1) is 13.5. The Hall–Kier alpha value is -0.910. The number of halogens is 1. The number of thiophene rings is 1. The molecule has 0 radical (unpaired) electrons. The van der Waals surface area contributed by atoms with E-state index < -0.39 is 0 Å². The van der Waals surface area contributed by atoms with Crippen LogP contribution in [0.15, 0.2) is 16.5 Å². The zero-order valence-electron chi connectivity index (χ0n) is 10.5. The molecule has 98 valence electrons. The zero-order valence-corrected chi connectivity index (χ0v) is 12.1. The molecule has 0 spiro atoms. The van der Waals surface area contributed by atoms with E-state index in [1.54, 1.807) is 11.3 Å². The number of nitrogens with zero attached hydrogens (tertiary/aromatic N) is 3. The first-order valence-electron chi connectivity index (χ1n) is 5.99. The summed E-state index contributed by atoms with van der Waals surface area (Å²) in [5, 5.41) is 8.01. The Bertz CT molecular complexity index is 497. The maximum atomic E-state index is 5.93. The van der Waals surface area contributed by atoms with Crippen molar-refractivity contribution in [2.24, 2.45) is 0 Å². The van der Waals surface area contributed by atoms with Crippen molar-refractivity contribution in [3.8, 4) is 0 Å². The summed E-state index contributed by atoms with van der Waals surface area (Å²) in [7, 11) is 0. The molecular weight excluding hydrogens is 270 g/mol. The van der Waals surface area contributed by atoms with Crippen molar-refractivity contribution < 1.29 is 4.42 Å². The van der Waals surface area contributed by atoms with Crippen LogP contribution in [0.2, 0.25) is 4.34 Å². The van der Waals surface area contributed by atoms with Gasteiger partial charge in [-0.05, 0) is 18.7 Å². The highest BCUT2D eigenvalue weighted by Crippen LogP contribution is 2.23. The second-order valence-electron chi connectivity index (χ2n) is 3.95. The smallest absolute Gasteiger partial charge is 0.230 e. The van der Waals surface area contributed by atoms with Gasteiger partial charge in [-0.2, -0.15) is 0 Å². The van der Waals surface area contributed by atoms with Crippen molar-refractivity contribution in [2.75, 3.05) is 6.54 Å². The van der Waals surface area contributed by atoms with Crippen LogP contribution in [0.1, 0.15) is 30.5 Å². The Kier molecular flexibility index (Phi) is 4.74. The number of aryl methyl sites for hydroxylation is 1. The van der Waals surface area contributed by atoms with Crippen LogP contribution in [0.3, 0.4) is 0 Å². The van der Waals surface area contributed by atoms with Gasteiger partial charge in [0.1, 0.15) is 0 Å². The van der Waals surface area contributed by atoms with Crippen molar-refractivity contribution >= 4 is 22.9 Å². The van der Waals surface area contributed by atoms with Crippen LogP contribution >= 0.6 is 22.9 Å². The molecule has 18 heavy (non-hydrogen) atoms. The van der Waals surface area contributed by atoms with E-state index in [2.05, 4.69) is 28.1 Å². The quantitative estimate of drug-likeness (QED) is 0.816. The largest absolute Gasteiger partial charge is 0.424 e. The van der Waals surface area contributed by atoms with Gasteiger partial charge in [0.2, 0.25) is 11.8 Å². The number of hydrogen-bond donors (Lipinski definition) is 0. The van der Waals surface area contributed by atoms with Crippen molar-refractivity contribution in [1.29, 1.82) is 0 Å². The van der Waals surface area contributed by atoms with E-state index in [0.29, 0.717) is 18.3 Å². The lowest BCUT2D eigenvalue weighted by atomic mass is 10.4. The fourth-order valence-corrected chi connectivity index (χ4v) is 2.75. The summed E-state index contributed by atoms with van der Waals surface area (Å²) < 4.78 is 6.35. The van der Waals surface area contributed by atoms with Gasteiger partial charge in [-0.25, -0.2) is 0 Å². The Balaban J connectivity index is 1.96. The third-order valence-electron chi connectivity index (χ3n) is 2.63. The molecule has 0 aliphatic carbocycles. The fraction of sp³-hybridized carbons (Fsp3) is 0.500. The van der Waals surface area contributed by atoms with Gasteiger partial charge in [-0.1, -0.05) is 25.4 Å². The third-order valence-corrected chi connectivity index (χ3v) is 3.84. The highest BCUT2D eigenvalue weighted by molar-refractivity contribution is 7.16. The molecule has 2 aromatic rings. The topological polar surface area (TPSA) is 42.2 Å². The Morgan fingerprint density at radius 1 is 1.22 bits per heavy atom. The van der Waals surface area contributed by atoms with Crippen molar-refractivity contribution in [3.05, 3.63) is 33.1 Å². The second kappa shape index (κ2) is 6.31. The lowest BCUT2D eigenvalue weighted by Crippen LogP contribution is -2.21. The summed E-state index contributed by atoms with van der Waals surface area (Å²) in [5.74, 6) is 1.37. The summed E-state index contributed by atoms with van der Waals surface area (Å²) >= 11 is 7.54. The first-order chi connectivity index (χ1) is 8.71. The standard InChI is InChI=1S/C12H16ClN3OS/c1-3-11-14-15-12(17-11)8-16(4-2)7-9-5-6-10(13)18-9/h5-6H,3-4,7-8H2,1-2H3. The first-order valence-corrected chi connectivity index (χ1v) is 7.18. The normalized spacial score (nSPS) is 11.3. The maximum absolute atomic E-state index is 5.93. The van der Waals surface area contributed by atoms with Crippen LogP contribution < -0.4 is 0 Å². The molecule has 0 N–H and O–H groups in total. The molecule has 0 aromatic carbocycles. The van der Waals surface area contributed by atoms with Gasteiger partial charge < -0.3 is 4.42 Å². The van der Waals surface area contributed by atoms with Gasteiger partial charge >= 0.3 is 0 Å². The summed E-state index contributed by atoms with van der Waals surface area (Å²) in [4.78, 5) is 3.49. The van der Waals surface area contributed by atoms with E-state index in [4.69, 9.17) is 16.0 Å². The summed E-state index contributed by atoms with van der Waals surface area (Å²) in [6.45, 7) is 6.59. The van der Waals surface area contributed by atoms with Gasteiger partial charge in [0.15, 0.2) is 0 Å². The molecule has 6 heteroatoms. The predicted octanol–water partition coefficient (Wildman–Crippen LogP) is 3.37. The average Bonchev–Trinajstić information content (AvgIpc) is 2.97. The summed E-state index contributed by atoms with van der Waals surface area (Å²) in [6.07, 6.45) is 0.777. The minimum Gasteiger partial charge on any atom is -0.424 e. The van der Waals surface area contributed by atoms with Gasteiger partial charge in [0.05, 0.1) is 10.9 Å². The van der Waals surface area contributed by atoms with E-state index in [0.717, 1.165) is 23.8 Å². The van der Waals surface area contributed by atoms with Crippen LogP contribution in [0.25, 0.3) is 0 Å². The zero-order chi connectivity index (χ0) is 13.0. The molecular formula is C12H16ClN3OS. The van der Waals surface area contributed by atoms with Crippen molar-refractivity contribution in [3.63, 3.8) is 0 Å².